The number of hydrogen-bond donors (Lipinski definition) is 1. The molecule has 0 amide bonds. The van der Waals surface area contributed by atoms with E-state index in [2.05, 4.69) is 12.1 Å². The van der Waals surface area contributed by atoms with Gasteiger partial charge in [-0.25, -0.2) is 0 Å². The van der Waals surface area contributed by atoms with Gasteiger partial charge in [-0.1, -0.05) is 56.0 Å². The van der Waals surface area contributed by atoms with E-state index >= 15 is 0 Å². The van der Waals surface area contributed by atoms with Crippen molar-refractivity contribution >= 4 is 16.8 Å². The fourth-order valence-corrected chi connectivity index (χ4v) is 2.54. The lowest BCUT2D eigenvalue weighted by Crippen LogP contribution is -2.01. The Morgan fingerprint density at radius 1 is 1.21 bits per heavy atom. The molecule has 0 aromatic heterocycles. The van der Waals surface area contributed by atoms with Crippen LogP contribution in [0.2, 0.25) is 0 Å². The van der Waals surface area contributed by atoms with Crippen molar-refractivity contribution in [2.75, 3.05) is 6.54 Å². The first-order chi connectivity index (χ1) is 9.22. The van der Waals surface area contributed by atoms with Crippen LogP contribution in [0.3, 0.4) is 0 Å². The molecule has 3 heteroatoms. The van der Waals surface area contributed by atoms with Crippen molar-refractivity contribution < 1.29 is 4.79 Å². The molecule has 1 aromatic carbocycles. The third kappa shape index (κ3) is 8.02. The van der Waals surface area contributed by atoms with Crippen molar-refractivity contribution in [2.45, 2.75) is 44.9 Å². The van der Waals surface area contributed by atoms with Crippen LogP contribution in [-0.2, 0) is 11.2 Å². The van der Waals surface area contributed by atoms with Gasteiger partial charge >= 0.3 is 0 Å². The number of nitrogens with two attached hydrogens (primary N) is 1. The monoisotopic (exact) mass is 281 g/mol. The zero-order valence-electron chi connectivity index (χ0n) is 11.5. The Balaban J connectivity index is 0.000000191. The van der Waals surface area contributed by atoms with E-state index in [0.717, 1.165) is 25.3 Å². The summed E-state index contributed by atoms with van der Waals surface area (Å²) in [6.45, 7) is 0.740. The first-order valence-electron chi connectivity index (χ1n) is 7.14. The summed E-state index contributed by atoms with van der Waals surface area (Å²) < 4.78 is 0. The quantitative estimate of drug-likeness (QED) is 0.832. The van der Waals surface area contributed by atoms with Gasteiger partial charge in [0.25, 0.3) is 0 Å². The van der Waals surface area contributed by atoms with Crippen LogP contribution in [0.5, 0.6) is 0 Å². The van der Waals surface area contributed by atoms with Crippen LogP contribution in [0.4, 0.5) is 0 Å². The molecular formula is C16H24ClNO. The van der Waals surface area contributed by atoms with Crippen LogP contribution >= 0.6 is 11.6 Å². The molecule has 2 rings (SSSR count). The van der Waals surface area contributed by atoms with Crippen LogP contribution < -0.4 is 5.73 Å². The van der Waals surface area contributed by atoms with Gasteiger partial charge in [0.15, 0.2) is 0 Å². The normalized spacial score (nSPS) is 14.8. The smallest absolute Gasteiger partial charge is 0.221 e. The summed E-state index contributed by atoms with van der Waals surface area (Å²) in [7, 11) is 0. The number of halogens is 1. The highest BCUT2D eigenvalue weighted by Gasteiger charge is 2.15. The topological polar surface area (TPSA) is 43.1 Å². The highest BCUT2D eigenvalue weighted by Crippen LogP contribution is 2.28. The highest BCUT2D eigenvalue weighted by atomic mass is 35.5. The van der Waals surface area contributed by atoms with E-state index < -0.39 is 0 Å². The average Bonchev–Trinajstić information content (AvgIpc) is 2.92. The molecular weight excluding hydrogens is 258 g/mol. The Morgan fingerprint density at radius 3 is 2.37 bits per heavy atom. The molecule has 106 valence electrons. The van der Waals surface area contributed by atoms with Gasteiger partial charge < -0.3 is 5.73 Å². The Bertz CT molecular complexity index is 347. The van der Waals surface area contributed by atoms with E-state index in [-0.39, 0.29) is 5.24 Å². The third-order valence-electron chi connectivity index (χ3n) is 3.50. The van der Waals surface area contributed by atoms with Crippen molar-refractivity contribution in [3.8, 4) is 0 Å². The Morgan fingerprint density at radius 2 is 1.84 bits per heavy atom. The van der Waals surface area contributed by atoms with Gasteiger partial charge in [0.2, 0.25) is 5.24 Å². The van der Waals surface area contributed by atoms with Crippen molar-refractivity contribution in [1.29, 1.82) is 0 Å². The van der Waals surface area contributed by atoms with Crippen LogP contribution in [0.15, 0.2) is 30.3 Å². The molecule has 1 aliphatic rings. The number of rotatable bonds is 5. The highest BCUT2D eigenvalue weighted by molar-refractivity contribution is 6.63. The first-order valence-corrected chi connectivity index (χ1v) is 7.52. The number of benzene rings is 1. The maximum Gasteiger partial charge on any atom is 0.221 e. The maximum absolute atomic E-state index is 10.4. The third-order valence-corrected chi connectivity index (χ3v) is 3.69. The molecule has 1 aliphatic carbocycles. The molecule has 0 saturated heterocycles. The molecule has 1 fully saturated rings. The molecule has 0 heterocycles. The van der Waals surface area contributed by atoms with Crippen molar-refractivity contribution in [2.24, 2.45) is 11.7 Å². The predicted octanol–water partition coefficient (Wildman–Crippen LogP) is 3.91. The minimum absolute atomic E-state index is 0.174. The van der Waals surface area contributed by atoms with Gasteiger partial charge in [0.05, 0.1) is 0 Å². The van der Waals surface area contributed by atoms with E-state index in [4.69, 9.17) is 17.3 Å². The maximum atomic E-state index is 10.4. The second kappa shape index (κ2) is 9.99. The summed E-state index contributed by atoms with van der Waals surface area (Å²) >= 11 is 5.22. The number of carbonyl (C=O) groups is 1. The molecule has 0 aliphatic heterocycles. The molecule has 0 radical (unpaired) electrons. The standard InChI is InChI=1S/C8H13ClO.C8H11N/c9-8(10)6-5-7-3-1-2-4-7;9-7-6-8-4-2-1-3-5-8/h7H,1-6H2;1-5H,6-7,9H2. The first kappa shape index (κ1) is 16.2. The van der Waals surface area contributed by atoms with Crippen LogP contribution in [0, 0.1) is 5.92 Å². The van der Waals surface area contributed by atoms with Gasteiger partial charge in [-0.2, -0.15) is 0 Å². The second-order valence-electron chi connectivity index (χ2n) is 5.07. The largest absolute Gasteiger partial charge is 0.330 e. The molecule has 1 aromatic rings. The van der Waals surface area contributed by atoms with Gasteiger partial charge in [-0.05, 0) is 42.5 Å². The van der Waals surface area contributed by atoms with Gasteiger partial charge in [0, 0.05) is 6.42 Å². The Labute approximate surface area is 121 Å². The van der Waals surface area contributed by atoms with E-state index in [1.165, 1.54) is 31.2 Å². The van der Waals surface area contributed by atoms with Crippen LogP contribution in [-0.4, -0.2) is 11.8 Å². The lowest BCUT2D eigenvalue weighted by atomic mass is 10.0. The molecule has 2 N–H and O–H groups in total. The minimum Gasteiger partial charge on any atom is -0.330 e. The van der Waals surface area contributed by atoms with E-state index in [1.807, 2.05) is 18.2 Å². The Hall–Kier alpha value is -0.860. The lowest BCUT2D eigenvalue weighted by Gasteiger charge is -2.04. The zero-order valence-corrected chi connectivity index (χ0v) is 12.2. The molecule has 0 unspecified atom stereocenters. The zero-order chi connectivity index (χ0) is 13.9. The molecule has 0 spiro atoms. The van der Waals surface area contributed by atoms with E-state index in [0.29, 0.717) is 6.42 Å². The summed E-state index contributed by atoms with van der Waals surface area (Å²) in [5, 5.41) is -0.174. The fourth-order valence-electron chi connectivity index (χ4n) is 2.43. The van der Waals surface area contributed by atoms with E-state index in [1.54, 1.807) is 0 Å². The predicted molar refractivity (Wildman–Crippen MR) is 81.3 cm³/mol. The van der Waals surface area contributed by atoms with Gasteiger partial charge in [-0.3, -0.25) is 4.79 Å². The van der Waals surface area contributed by atoms with Crippen molar-refractivity contribution in [3.63, 3.8) is 0 Å². The summed E-state index contributed by atoms with van der Waals surface area (Å²) in [6, 6.07) is 10.3. The molecule has 0 atom stereocenters. The van der Waals surface area contributed by atoms with Crippen molar-refractivity contribution in [1.82, 2.24) is 0 Å². The van der Waals surface area contributed by atoms with Crippen LogP contribution in [0.25, 0.3) is 0 Å². The molecule has 2 nitrogen and oxygen atoms in total. The summed E-state index contributed by atoms with van der Waals surface area (Å²) in [5.74, 6) is 0.794. The number of carbonyl (C=O) groups excluding carboxylic acids is 1. The summed E-state index contributed by atoms with van der Waals surface area (Å²) in [4.78, 5) is 10.4. The second-order valence-corrected chi connectivity index (χ2v) is 5.49. The molecule has 0 bridgehead atoms. The van der Waals surface area contributed by atoms with E-state index in [9.17, 15) is 4.79 Å². The lowest BCUT2D eigenvalue weighted by molar-refractivity contribution is -0.111. The van der Waals surface area contributed by atoms with Gasteiger partial charge in [0.1, 0.15) is 0 Å². The summed E-state index contributed by atoms with van der Waals surface area (Å²) in [5.41, 5.74) is 6.68. The molecule has 1 saturated carbocycles. The minimum atomic E-state index is -0.174. The SMILES string of the molecule is NCCc1ccccc1.O=C(Cl)CCC1CCCC1. The fraction of sp³-hybridized carbons (Fsp3) is 0.562. The van der Waals surface area contributed by atoms with Crippen LogP contribution in [0.1, 0.15) is 44.1 Å². The van der Waals surface area contributed by atoms with Gasteiger partial charge in [-0.15, -0.1) is 0 Å². The average molecular weight is 282 g/mol. The summed E-state index contributed by atoms with van der Waals surface area (Å²) in [6.07, 6.45) is 7.89. The Kier molecular flexibility index (Phi) is 8.52. The number of hydrogen-bond acceptors (Lipinski definition) is 2. The molecule has 19 heavy (non-hydrogen) atoms. The van der Waals surface area contributed by atoms with Crippen molar-refractivity contribution in [3.05, 3.63) is 35.9 Å².